The van der Waals surface area contributed by atoms with Crippen molar-refractivity contribution in [1.29, 1.82) is 5.41 Å². The number of ether oxygens (including phenoxy) is 2. The number of pyridine rings is 1. The highest BCUT2D eigenvalue weighted by Gasteiger charge is 2.06. The number of nitrogens with two attached hydrogens (primary N) is 1. The van der Waals surface area contributed by atoms with Gasteiger partial charge in [0.25, 0.3) is 0 Å². The summed E-state index contributed by atoms with van der Waals surface area (Å²) in [6.45, 7) is 0.385. The first-order valence-corrected chi connectivity index (χ1v) is 5.75. The van der Waals surface area contributed by atoms with Crippen LogP contribution in [0.2, 0.25) is 0 Å². The quantitative estimate of drug-likeness (QED) is 0.633. The van der Waals surface area contributed by atoms with E-state index in [0.29, 0.717) is 17.9 Å². The monoisotopic (exact) mass is 257 g/mol. The summed E-state index contributed by atoms with van der Waals surface area (Å²) in [7, 11) is 1.63. The third kappa shape index (κ3) is 3.22. The Bertz CT molecular complexity index is 567. The summed E-state index contributed by atoms with van der Waals surface area (Å²) >= 11 is 0. The minimum absolute atomic E-state index is 0.0351. The van der Waals surface area contributed by atoms with E-state index < -0.39 is 0 Å². The molecular formula is C14H15N3O2. The standard InChI is InChI=1S/C14H15N3O2/c1-18-11-4-2-10(3-5-11)9-19-13-8-17-7-6-12(13)14(15)16/h2-8H,9H2,1H3,(H3,15,16). The molecule has 1 heterocycles. The van der Waals surface area contributed by atoms with Crippen molar-refractivity contribution in [1.82, 2.24) is 4.98 Å². The van der Waals surface area contributed by atoms with Crippen LogP contribution >= 0.6 is 0 Å². The first-order valence-electron chi connectivity index (χ1n) is 5.75. The number of amidine groups is 1. The molecule has 0 spiro atoms. The lowest BCUT2D eigenvalue weighted by atomic mass is 10.2. The molecule has 2 aromatic rings. The Hall–Kier alpha value is -2.56. The number of nitrogens with zero attached hydrogens (tertiary/aromatic N) is 1. The van der Waals surface area contributed by atoms with Gasteiger partial charge in [-0.05, 0) is 23.8 Å². The molecule has 0 unspecified atom stereocenters. The Morgan fingerprint density at radius 2 is 2.00 bits per heavy atom. The normalized spacial score (nSPS) is 9.95. The molecule has 5 heteroatoms. The number of rotatable bonds is 5. The number of methoxy groups -OCH3 is 1. The molecule has 0 saturated heterocycles. The first-order chi connectivity index (χ1) is 9.20. The largest absolute Gasteiger partial charge is 0.497 e. The van der Waals surface area contributed by atoms with E-state index in [1.54, 1.807) is 25.6 Å². The molecule has 0 fully saturated rings. The molecule has 98 valence electrons. The van der Waals surface area contributed by atoms with Gasteiger partial charge in [-0.25, -0.2) is 0 Å². The molecule has 0 aliphatic carbocycles. The van der Waals surface area contributed by atoms with Gasteiger partial charge in [-0.3, -0.25) is 10.4 Å². The maximum Gasteiger partial charge on any atom is 0.148 e. The minimum atomic E-state index is -0.0351. The predicted octanol–water partition coefficient (Wildman–Crippen LogP) is 1.95. The molecule has 3 N–H and O–H groups in total. The van der Waals surface area contributed by atoms with Crippen molar-refractivity contribution in [2.45, 2.75) is 6.61 Å². The van der Waals surface area contributed by atoms with Crippen LogP contribution in [0.15, 0.2) is 42.7 Å². The lowest BCUT2D eigenvalue weighted by Crippen LogP contribution is -2.13. The van der Waals surface area contributed by atoms with E-state index in [0.717, 1.165) is 11.3 Å². The summed E-state index contributed by atoms with van der Waals surface area (Å²) in [5.74, 6) is 1.27. The van der Waals surface area contributed by atoms with Gasteiger partial charge in [-0.15, -0.1) is 0 Å². The van der Waals surface area contributed by atoms with Gasteiger partial charge in [0.15, 0.2) is 0 Å². The van der Waals surface area contributed by atoms with E-state index in [1.165, 1.54) is 0 Å². The van der Waals surface area contributed by atoms with Crippen molar-refractivity contribution < 1.29 is 9.47 Å². The Labute approximate surface area is 111 Å². The molecule has 0 bridgehead atoms. The van der Waals surface area contributed by atoms with Crippen LogP contribution in [0.1, 0.15) is 11.1 Å². The number of nitrogen functional groups attached to an aromatic ring is 1. The van der Waals surface area contributed by atoms with Gasteiger partial charge < -0.3 is 15.2 Å². The lowest BCUT2D eigenvalue weighted by Gasteiger charge is -2.10. The van der Waals surface area contributed by atoms with E-state index >= 15 is 0 Å². The fourth-order valence-electron chi connectivity index (χ4n) is 1.60. The van der Waals surface area contributed by atoms with Crippen LogP contribution < -0.4 is 15.2 Å². The number of hydrogen-bond acceptors (Lipinski definition) is 4. The second-order valence-electron chi connectivity index (χ2n) is 3.92. The maximum absolute atomic E-state index is 7.47. The molecule has 5 nitrogen and oxygen atoms in total. The minimum Gasteiger partial charge on any atom is -0.497 e. The summed E-state index contributed by atoms with van der Waals surface area (Å²) in [6, 6.07) is 9.23. The van der Waals surface area contributed by atoms with E-state index in [2.05, 4.69) is 4.98 Å². The molecule has 0 aliphatic heterocycles. The zero-order valence-corrected chi connectivity index (χ0v) is 10.6. The van der Waals surface area contributed by atoms with E-state index in [4.69, 9.17) is 20.6 Å². The molecule has 2 rings (SSSR count). The van der Waals surface area contributed by atoms with Crippen LogP contribution in [0.3, 0.4) is 0 Å². The zero-order chi connectivity index (χ0) is 13.7. The smallest absolute Gasteiger partial charge is 0.148 e. The fourth-order valence-corrected chi connectivity index (χ4v) is 1.60. The average molecular weight is 257 g/mol. The van der Waals surface area contributed by atoms with Gasteiger partial charge >= 0.3 is 0 Å². The Balaban J connectivity index is 2.07. The highest BCUT2D eigenvalue weighted by Crippen LogP contribution is 2.18. The summed E-state index contributed by atoms with van der Waals surface area (Å²) < 4.78 is 10.7. The van der Waals surface area contributed by atoms with Crippen molar-refractivity contribution in [3.8, 4) is 11.5 Å². The number of aromatic nitrogens is 1. The highest BCUT2D eigenvalue weighted by atomic mass is 16.5. The molecule has 19 heavy (non-hydrogen) atoms. The van der Waals surface area contributed by atoms with Crippen molar-refractivity contribution in [3.63, 3.8) is 0 Å². The Morgan fingerprint density at radius 3 is 2.63 bits per heavy atom. The van der Waals surface area contributed by atoms with Gasteiger partial charge in [-0.1, -0.05) is 12.1 Å². The summed E-state index contributed by atoms with van der Waals surface area (Å²) in [4.78, 5) is 3.97. The van der Waals surface area contributed by atoms with Gasteiger partial charge in [0.2, 0.25) is 0 Å². The summed E-state index contributed by atoms with van der Waals surface area (Å²) in [5, 5.41) is 7.47. The molecule has 0 saturated carbocycles. The number of hydrogen-bond donors (Lipinski definition) is 2. The molecule has 0 amide bonds. The van der Waals surface area contributed by atoms with Gasteiger partial charge in [-0.2, -0.15) is 0 Å². The third-order valence-electron chi connectivity index (χ3n) is 2.63. The number of benzene rings is 1. The zero-order valence-electron chi connectivity index (χ0n) is 10.6. The van der Waals surface area contributed by atoms with Crippen molar-refractivity contribution >= 4 is 5.84 Å². The van der Waals surface area contributed by atoms with Gasteiger partial charge in [0.1, 0.15) is 23.9 Å². The third-order valence-corrected chi connectivity index (χ3v) is 2.63. The molecule has 0 aliphatic rings. The summed E-state index contributed by atoms with van der Waals surface area (Å²) in [6.07, 6.45) is 3.14. The summed E-state index contributed by atoms with van der Waals surface area (Å²) in [5.41, 5.74) is 7.02. The van der Waals surface area contributed by atoms with Crippen LogP contribution in [-0.4, -0.2) is 17.9 Å². The lowest BCUT2D eigenvalue weighted by molar-refractivity contribution is 0.304. The predicted molar refractivity (Wildman–Crippen MR) is 72.6 cm³/mol. The van der Waals surface area contributed by atoms with Crippen LogP contribution in [0.4, 0.5) is 0 Å². The maximum atomic E-state index is 7.47. The SMILES string of the molecule is COc1ccc(COc2cnccc2C(=N)N)cc1. The first kappa shape index (κ1) is 12.9. The van der Waals surface area contributed by atoms with Crippen LogP contribution in [-0.2, 0) is 6.61 Å². The Morgan fingerprint density at radius 1 is 1.26 bits per heavy atom. The van der Waals surface area contributed by atoms with Gasteiger partial charge in [0, 0.05) is 6.20 Å². The van der Waals surface area contributed by atoms with E-state index in [1.807, 2.05) is 24.3 Å². The molecule has 1 aromatic heterocycles. The molecule has 0 radical (unpaired) electrons. The van der Waals surface area contributed by atoms with Crippen molar-refractivity contribution in [3.05, 3.63) is 53.9 Å². The molecule has 0 atom stereocenters. The second kappa shape index (κ2) is 5.86. The Kier molecular flexibility index (Phi) is 3.97. The second-order valence-corrected chi connectivity index (χ2v) is 3.92. The molecular weight excluding hydrogens is 242 g/mol. The van der Waals surface area contributed by atoms with E-state index in [9.17, 15) is 0 Å². The average Bonchev–Trinajstić information content (AvgIpc) is 2.46. The van der Waals surface area contributed by atoms with Crippen LogP contribution in [0.5, 0.6) is 11.5 Å². The van der Waals surface area contributed by atoms with Gasteiger partial charge in [0.05, 0.1) is 18.9 Å². The molecule has 1 aromatic carbocycles. The fraction of sp³-hybridized carbons (Fsp3) is 0.143. The topological polar surface area (TPSA) is 81.2 Å². The van der Waals surface area contributed by atoms with Crippen LogP contribution in [0.25, 0.3) is 0 Å². The van der Waals surface area contributed by atoms with E-state index in [-0.39, 0.29) is 5.84 Å². The van der Waals surface area contributed by atoms with Crippen LogP contribution in [0, 0.1) is 5.41 Å². The van der Waals surface area contributed by atoms with Crippen molar-refractivity contribution in [2.24, 2.45) is 5.73 Å². The highest BCUT2D eigenvalue weighted by molar-refractivity contribution is 5.97. The number of nitrogens with one attached hydrogen (secondary N) is 1. The van der Waals surface area contributed by atoms with Crippen molar-refractivity contribution in [2.75, 3.05) is 7.11 Å².